The third kappa shape index (κ3) is 3.12. The number of anilines is 1. The molecule has 0 unspecified atom stereocenters. The highest BCUT2D eigenvalue weighted by Crippen LogP contribution is 2.32. The molecule has 1 aromatic rings. The van der Waals surface area contributed by atoms with Crippen LogP contribution in [0.1, 0.15) is 29.8 Å². The first-order chi connectivity index (χ1) is 9.31. The van der Waals surface area contributed by atoms with Gasteiger partial charge in [-0.15, -0.1) is 0 Å². The number of aldehydes is 1. The van der Waals surface area contributed by atoms with E-state index in [0.29, 0.717) is 25.1 Å². The summed E-state index contributed by atoms with van der Waals surface area (Å²) in [5, 5.41) is 3.34. The average Bonchev–Trinajstić information content (AvgIpc) is 2.35. The Balaban J connectivity index is 2.34. The first kappa shape index (κ1) is 14.8. The lowest BCUT2D eigenvalue weighted by molar-refractivity contribution is -0.137. The van der Waals surface area contributed by atoms with E-state index >= 15 is 0 Å². The molecular weight excluding hydrogens is 269 g/mol. The highest BCUT2D eigenvalue weighted by molar-refractivity contribution is 5.85. The Morgan fingerprint density at radius 2 is 1.85 bits per heavy atom. The van der Waals surface area contributed by atoms with Crippen molar-refractivity contribution >= 4 is 12.0 Å². The fourth-order valence-electron chi connectivity index (χ4n) is 2.64. The van der Waals surface area contributed by atoms with Crippen LogP contribution in [-0.4, -0.2) is 31.5 Å². The van der Waals surface area contributed by atoms with Gasteiger partial charge in [0.05, 0.1) is 5.56 Å². The number of nitrogens with zero attached hydrogens (tertiary/aromatic N) is 1. The van der Waals surface area contributed by atoms with Crippen molar-refractivity contribution in [3.63, 3.8) is 0 Å². The number of halogens is 3. The minimum absolute atomic E-state index is 0.0844. The second kappa shape index (κ2) is 5.44. The van der Waals surface area contributed by atoms with E-state index in [1.54, 1.807) is 0 Å². The molecule has 0 aromatic heterocycles. The van der Waals surface area contributed by atoms with Gasteiger partial charge in [0.2, 0.25) is 0 Å². The Bertz CT molecular complexity index is 492. The smallest absolute Gasteiger partial charge is 0.368 e. The van der Waals surface area contributed by atoms with Crippen molar-refractivity contribution in [3.8, 4) is 0 Å². The number of hydrogen-bond donors (Lipinski definition) is 1. The zero-order valence-electron chi connectivity index (χ0n) is 11.4. The molecule has 20 heavy (non-hydrogen) atoms. The van der Waals surface area contributed by atoms with Gasteiger partial charge in [0.25, 0.3) is 0 Å². The maximum Gasteiger partial charge on any atom is 0.416 e. The molecule has 1 N–H and O–H groups in total. The molecule has 0 amide bonds. The molecular formula is C14H17F3N2O. The van der Waals surface area contributed by atoms with Crippen molar-refractivity contribution in [1.82, 2.24) is 5.32 Å². The molecule has 1 saturated heterocycles. The van der Waals surface area contributed by atoms with Crippen LogP contribution in [0.15, 0.2) is 18.2 Å². The second-order valence-electron chi connectivity index (χ2n) is 5.26. The Hall–Kier alpha value is -1.56. The van der Waals surface area contributed by atoms with Crippen LogP contribution in [0.5, 0.6) is 0 Å². The summed E-state index contributed by atoms with van der Waals surface area (Å²) < 4.78 is 38.0. The number of nitrogens with one attached hydrogen (secondary N) is 1. The molecule has 0 radical (unpaired) electrons. The molecule has 0 aliphatic carbocycles. The van der Waals surface area contributed by atoms with Gasteiger partial charge in [0.15, 0.2) is 6.29 Å². The predicted octanol–water partition coefficient (Wildman–Crippen LogP) is 2.70. The molecule has 2 rings (SSSR count). The van der Waals surface area contributed by atoms with Gasteiger partial charge >= 0.3 is 6.18 Å². The van der Waals surface area contributed by atoms with E-state index in [4.69, 9.17) is 0 Å². The van der Waals surface area contributed by atoms with E-state index in [1.807, 2.05) is 18.7 Å². The molecule has 1 aromatic carbocycles. The first-order valence-corrected chi connectivity index (χ1v) is 6.48. The van der Waals surface area contributed by atoms with Crippen LogP contribution in [0.4, 0.5) is 18.9 Å². The maximum absolute atomic E-state index is 12.7. The number of hydrogen-bond acceptors (Lipinski definition) is 3. The molecule has 3 nitrogen and oxygen atoms in total. The number of carbonyl (C=O) groups excluding carboxylic acids is 1. The molecule has 1 aliphatic rings. The van der Waals surface area contributed by atoms with E-state index in [-0.39, 0.29) is 17.6 Å². The summed E-state index contributed by atoms with van der Waals surface area (Å²) in [5.74, 6) is 0. The van der Waals surface area contributed by atoms with Crippen LogP contribution in [0.2, 0.25) is 0 Å². The molecule has 0 bridgehead atoms. The third-order valence-electron chi connectivity index (χ3n) is 3.38. The zero-order chi connectivity index (χ0) is 14.9. The molecule has 110 valence electrons. The van der Waals surface area contributed by atoms with Crippen molar-refractivity contribution in [2.24, 2.45) is 0 Å². The quantitative estimate of drug-likeness (QED) is 0.848. The van der Waals surface area contributed by atoms with E-state index in [0.717, 1.165) is 12.1 Å². The van der Waals surface area contributed by atoms with Gasteiger partial charge in [-0.05, 0) is 32.0 Å². The van der Waals surface area contributed by atoms with Crippen molar-refractivity contribution < 1.29 is 18.0 Å². The highest BCUT2D eigenvalue weighted by Gasteiger charge is 2.32. The fourth-order valence-corrected chi connectivity index (χ4v) is 2.64. The standard InChI is InChI=1S/C14H17F3N2O/c1-9-6-19(7-10(2)18-9)13-4-3-12(14(15,16)17)5-11(13)8-20/h3-5,8-10,18H,6-7H2,1-2H3/t9-,10+. The van der Waals surface area contributed by atoms with Gasteiger partial charge in [-0.1, -0.05) is 0 Å². The van der Waals surface area contributed by atoms with E-state index in [2.05, 4.69) is 5.32 Å². The zero-order valence-corrected chi connectivity index (χ0v) is 11.4. The van der Waals surface area contributed by atoms with Crippen LogP contribution < -0.4 is 10.2 Å². The van der Waals surface area contributed by atoms with Crippen molar-refractivity contribution in [2.75, 3.05) is 18.0 Å². The van der Waals surface area contributed by atoms with Crippen molar-refractivity contribution in [3.05, 3.63) is 29.3 Å². The summed E-state index contributed by atoms with van der Waals surface area (Å²) in [4.78, 5) is 13.1. The van der Waals surface area contributed by atoms with Crippen LogP contribution in [0.25, 0.3) is 0 Å². The number of alkyl halides is 3. The van der Waals surface area contributed by atoms with Crippen LogP contribution in [-0.2, 0) is 6.18 Å². The van der Waals surface area contributed by atoms with Crippen molar-refractivity contribution in [1.29, 1.82) is 0 Å². The summed E-state index contributed by atoms with van der Waals surface area (Å²) in [6, 6.07) is 3.78. The summed E-state index contributed by atoms with van der Waals surface area (Å²) in [6.07, 6.45) is -3.94. The van der Waals surface area contributed by atoms with E-state index in [9.17, 15) is 18.0 Å². The maximum atomic E-state index is 12.7. The number of piperazine rings is 1. The van der Waals surface area contributed by atoms with Gasteiger partial charge < -0.3 is 10.2 Å². The van der Waals surface area contributed by atoms with Crippen molar-refractivity contribution in [2.45, 2.75) is 32.1 Å². The minimum atomic E-state index is -4.43. The van der Waals surface area contributed by atoms with E-state index < -0.39 is 11.7 Å². The monoisotopic (exact) mass is 286 g/mol. The predicted molar refractivity (Wildman–Crippen MR) is 71.1 cm³/mol. The molecule has 0 spiro atoms. The van der Waals surface area contributed by atoms with Gasteiger partial charge in [-0.3, -0.25) is 4.79 Å². The Morgan fingerprint density at radius 3 is 2.35 bits per heavy atom. The first-order valence-electron chi connectivity index (χ1n) is 6.48. The van der Waals surface area contributed by atoms with Crippen LogP contribution >= 0.6 is 0 Å². The average molecular weight is 286 g/mol. The highest BCUT2D eigenvalue weighted by atomic mass is 19.4. The number of rotatable bonds is 2. The summed E-state index contributed by atoms with van der Waals surface area (Å²) in [6.45, 7) is 5.34. The summed E-state index contributed by atoms with van der Waals surface area (Å²) >= 11 is 0. The summed E-state index contributed by atoms with van der Waals surface area (Å²) in [7, 11) is 0. The number of benzene rings is 1. The SMILES string of the molecule is C[C@@H]1CN(c2ccc(C(F)(F)F)cc2C=O)C[C@H](C)N1. The topological polar surface area (TPSA) is 32.3 Å². The van der Waals surface area contributed by atoms with E-state index in [1.165, 1.54) is 6.07 Å². The largest absolute Gasteiger partial charge is 0.416 e. The lowest BCUT2D eigenvalue weighted by atomic mass is 10.1. The summed E-state index contributed by atoms with van der Waals surface area (Å²) in [5.41, 5.74) is -0.145. The molecule has 2 atom stereocenters. The normalized spacial score (nSPS) is 23.8. The number of carbonyl (C=O) groups is 1. The van der Waals surface area contributed by atoms with Gasteiger partial charge in [-0.2, -0.15) is 13.2 Å². The molecule has 0 saturated carbocycles. The minimum Gasteiger partial charge on any atom is -0.368 e. The lowest BCUT2D eigenvalue weighted by Gasteiger charge is -2.38. The van der Waals surface area contributed by atoms with Crippen LogP contribution in [0, 0.1) is 0 Å². The molecule has 1 fully saturated rings. The lowest BCUT2D eigenvalue weighted by Crippen LogP contribution is -2.54. The fraction of sp³-hybridized carbons (Fsp3) is 0.500. The Morgan fingerprint density at radius 1 is 1.25 bits per heavy atom. The Kier molecular flexibility index (Phi) is 4.04. The molecule has 6 heteroatoms. The van der Waals surface area contributed by atoms with Gasteiger partial charge in [-0.25, -0.2) is 0 Å². The second-order valence-corrected chi connectivity index (χ2v) is 5.26. The van der Waals surface area contributed by atoms with Gasteiger partial charge in [0, 0.05) is 36.4 Å². The van der Waals surface area contributed by atoms with Crippen LogP contribution in [0.3, 0.4) is 0 Å². The van der Waals surface area contributed by atoms with Gasteiger partial charge in [0.1, 0.15) is 0 Å². The third-order valence-corrected chi connectivity index (χ3v) is 3.38. The molecule has 1 aliphatic heterocycles. The molecule has 1 heterocycles. The Labute approximate surface area is 115 Å².